The molecule has 92 valence electrons. The lowest BCUT2D eigenvalue weighted by Crippen LogP contribution is -2.19. The minimum absolute atomic E-state index is 0.168. The van der Waals surface area contributed by atoms with Crippen molar-refractivity contribution < 1.29 is 5.11 Å². The van der Waals surface area contributed by atoms with Gasteiger partial charge in [0, 0.05) is 6.61 Å². The number of benzene rings is 1. The highest BCUT2D eigenvalue weighted by Crippen LogP contribution is 2.10. The van der Waals surface area contributed by atoms with Crippen LogP contribution in [0.4, 0.5) is 0 Å². The van der Waals surface area contributed by atoms with Gasteiger partial charge in [0.2, 0.25) is 0 Å². The molecule has 17 heavy (non-hydrogen) atoms. The normalized spacial score (nSPS) is 11.1. The zero-order chi connectivity index (χ0) is 12.1. The third-order valence-electron chi connectivity index (χ3n) is 2.68. The highest BCUT2D eigenvalue weighted by Gasteiger charge is 1.99. The summed E-state index contributed by atoms with van der Waals surface area (Å²) in [5.41, 5.74) is 2.71. The summed E-state index contributed by atoms with van der Waals surface area (Å²) >= 11 is 0. The number of nitrogens with one attached hydrogen (secondary N) is 3. The van der Waals surface area contributed by atoms with E-state index in [-0.39, 0.29) is 12.3 Å². The zero-order valence-electron chi connectivity index (χ0n) is 9.62. The molecule has 1 aromatic carbocycles. The van der Waals surface area contributed by atoms with E-state index in [0.29, 0.717) is 0 Å². The summed E-state index contributed by atoms with van der Waals surface area (Å²) in [7, 11) is 0. The van der Waals surface area contributed by atoms with Crippen LogP contribution in [0.5, 0.6) is 0 Å². The van der Waals surface area contributed by atoms with Crippen LogP contribution in [0.25, 0.3) is 11.0 Å². The lowest BCUT2D eigenvalue weighted by molar-refractivity contribution is 0.286. The fourth-order valence-electron chi connectivity index (χ4n) is 1.80. The fraction of sp³-hybridized carbons (Fsp3) is 0.417. The number of aliphatic hydroxyl groups excluding tert-OH is 1. The van der Waals surface area contributed by atoms with Crippen molar-refractivity contribution >= 4 is 11.0 Å². The molecule has 0 unspecified atom stereocenters. The van der Waals surface area contributed by atoms with E-state index in [4.69, 9.17) is 5.11 Å². The Morgan fingerprint density at radius 1 is 1.18 bits per heavy atom. The molecule has 0 saturated heterocycles. The number of aromatic nitrogens is 2. The van der Waals surface area contributed by atoms with Gasteiger partial charge < -0.3 is 20.4 Å². The summed E-state index contributed by atoms with van der Waals surface area (Å²) < 4.78 is 0. The maximum absolute atomic E-state index is 11.1. The van der Waals surface area contributed by atoms with E-state index in [9.17, 15) is 4.79 Å². The molecule has 1 heterocycles. The number of fused-ring (bicyclic) bond motifs is 1. The molecule has 0 amide bonds. The first-order valence-corrected chi connectivity index (χ1v) is 5.82. The average Bonchev–Trinajstić information content (AvgIpc) is 2.68. The molecule has 5 heteroatoms. The van der Waals surface area contributed by atoms with E-state index in [0.717, 1.165) is 37.0 Å². The molecule has 0 atom stereocenters. The lowest BCUT2D eigenvalue weighted by Gasteiger charge is -2.03. The van der Waals surface area contributed by atoms with Crippen LogP contribution >= 0.6 is 0 Å². The lowest BCUT2D eigenvalue weighted by atomic mass is 10.1. The van der Waals surface area contributed by atoms with Gasteiger partial charge in [0.1, 0.15) is 0 Å². The molecular weight excluding hydrogens is 218 g/mol. The number of H-pyrrole nitrogens is 2. The Bertz CT molecular complexity index is 530. The minimum atomic E-state index is -0.168. The standard InChI is InChI=1S/C12H17N3O2/c16-7-1-5-13-6-4-9-2-3-10-11(8-9)15-12(17)14-10/h2-3,8,13,16H,1,4-7H2,(H2,14,15,17). The molecule has 0 fully saturated rings. The second kappa shape index (κ2) is 5.65. The molecule has 1 aromatic heterocycles. The Morgan fingerprint density at radius 3 is 2.82 bits per heavy atom. The molecule has 0 aliphatic rings. The van der Waals surface area contributed by atoms with Gasteiger partial charge in [-0.3, -0.25) is 0 Å². The number of hydrogen-bond acceptors (Lipinski definition) is 3. The van der Waals surface area contributed by atoms with Crippen molar-refractivity contribution in [2.75, 3.05) is 19.7 Å². The zero-order valence-corrected chi connectivity index (χ0v) is 9.62. The number of hydrogen-bond donors (Lipinski definition) is 4. The Balaban J connectivity index is 1.92. The van der Waals surface area contributed by atoms with Crippen molar-refractivity contribution in [3.8, 4) is 0 Å². The van der Waals surface area contributed by atoms with E-state index in [2.05, 4.69) is 15.3 Å². The van der Waals surface area contributed by atoms with Crippen molar-refractivity contribution in [1.29, 1.82) is 0 Å². The summed E-state index contributed by atoms with van der Waals surface area (Å²) in [6.45, 7) is 1.93. The van der Waals surface area contributed by atoms with Gasteiger partial charge in [-0.25, -0.2) is 4.79 Å². The van der Waals surface area contributed by atoms with Crippen molar-refractivity contribution in [2.24, 2.45) is 0 Å². The van der Waals surface area contributed by atoms with Crippen LogP contribution in [0.2, 0.25) is 0 Å². The summed E-state index contributed by atoms with van der Waals surface area (Å²) in [5.74, 6) is 0. The predicted molar refractivity (Wildman–Crippen MR) is 67.2 cm³/mol. The van der Waals surface area contributed by atoms with Gasteiger partial charge in [0.05, 0.1) is 11.0 Å². The maximum atomic E-state index is 11.1. The molecule has 0 bridgehead atoms. The molecule has 5 nitrogen and oxygen atoms in total. The second-order valence-corrected chi connectivity index (χ2v) is 4.04. The molecular formula is C12H17N3O2. The Hall–Kier alpha value is -1.59. The average molecular weight is 235 g/mol. The Kier molecular flexibility index (Phi) is 3.95. The smallest absolute Gasteiger partial charge is 0.323 e. The summed E-state index contributed by atoms with van der Waals surface area (Å²) in [6, 6.07) is 5.91. The number of imidazole rings is 1. The van der Waals surface area contributed by atoms with E-state index in [1.54, 1.807) is 0 Å². The van der Waals surface area contributed by atoms with Crippen LogP contribution in [-0.4, -0.2) is 34.8 Å². The molecule has 0 aliphatic heterocycles. The molecule has 0 aliphatic carbocycles. The van der Waals surface area contributed by atoms with Crippen molar-refractivity contribution in [3.63, 3.8) is 0 Å². The highest BCUT2D eigenvalue weighted by atomic mass is 16.3. The first-order valence-electron chi connectivity index (χ1n) is 5.82. The van der Waals surface area contributed by atoms with E-state index in [1.165, 1.54) is 5.56 Å². The van der Waals surface area contributed by atoms with Gasteiger partial charge >= 0.3 is 5.69 Å². The minimum Gasteiger partial charge on any atom is -0.396 e. The quantitative estimate of drug-likeness (QED) is 0.546. The molecule has 2 rings (SSSR count). The van der Waals surface area contributed by atoms with Crippen LogP contribution in [-0.2, 0) is 6.42 Å². The molecule has 0 saturated carbocycles. The third-order valence-corrected chi connectivity index (χ3v) is 2.68. The molecule has 0 spiro atoms. The SMILES string of the molecule is O=c1[nH]c2ccc(CCNCCCO)cc2[nH]1. The van der Waals surface area contributed by atoms with Gasteiger partial charge in [0.25, 0.3) is 0 Å². The summed E-state index contributed by atoms with van der Waals surface area (Å²) in [6.07, 6.45) is 1.69. The van der Waals surface area contributed by atoms with Crippen LogP contribution in [0.3, 0.4) is 0 Å². The fourth-order valence-corrected chi connectivity index (χ4v) is 1.80. The maximum Gasteiger partial charge on any atom is 0.323 e. The summed E-state index contributed by atoms with van der Waals surface area (Å²) in [4.78, 5) is 16.5. The van der Waals surface area contributed by atoms with E-state index < -0.39 is 0 Å². The number of rotatable bonds is 6. The van der Waals surface area contributed by atoms with Crippen molar-refractivity contribution in [2.45, 2.75) is 12.8 Å². The Labute approximate surface area is 98.9 Å². The van der Waals surface area contributed by atoms with Gasteiger partial charge in [-0.05, 0) is 43.6 Å². The molecule has 0 radical (unpaired) electrons. The van der Waals surface area contributed by atoms with Gasteiger partial charge in [-0.1, -0.05) is 6.07 Å². The van der Waals surface area contributed by atoms with Crippen LogP contribution < -0.4 is 11.0 Å². The largest absolute Gasteiger partial charge is 0.396 e. The van der Waals surface area contributed by atoms with Gasteiger partial charge in [-0.15, -0.1) is 0 Å². The van der Waals surface area contributed by atoms with Crippen LogP contribution in [0.1, 0.15) is 12.0 Å². The highest BCUT2D eigenvalue weighted by molar-refractivity contribution is 5.74. The number of aromatic amines is 2. The predicted octanol–water partition coefficient (Wildman–Crippen LogP) is 0.371. The molecule has 2 aromatic rings. The van der Waals surface area contributed by atoms with Gasteiger partial charge in [0.15, 0.2) is 0 Å². The van der Waals surface area contributed by atoms with Crippen LogP contribution in [0.15, 0.2) is 23.0 Å². The third kappa shape index (κ3) is 3.18. The monoisotopic (exact) mass is 235 g/mol. The van der Waals surface area contributed by atoms with Crippen molar-refractivity contribution in [3.05, 3.63) is 34.2 Å². The molecule has 4 N–H and O–H groups in total. The number of aliphatic hydroxyl groups is 1. The van der Waals surface area contributed by atoms with E-state index >= 15 is 0 Å². The van der Waals surface area contributed by atoms with E-state index in [1.807, 2.05) is 18.2 Å². The second-order valence-electron chi connectivity index (χ2n) is 4.04. The summed E-state index contributed by atoms with van der Waals surface area (Å²) in [5, 5.41) is 11.9. The Morgan fingerprint density at radius 2 is 2.00 bits per heavy atom. The topological polar surface area (TPSA) is 80.9 Å². The first-order chi connectivity index (χ1) is 8.29. The van der Waals surface area contributed by atoms with Crippen LogP contribution in [0, 0.1) is 0 Å². The van der Waals surface area contributed by atoms with Gasteiger partial charge in [-0.2, -0.15) is 0 Å². The van der Waals surface area contributed by atoms with Crippen molar-refractivity contribution in [1.82, 2.24) is 15.3 Å². The first kappa shape index (κ1) is 11.9.